The molecule has 2 aromatic rings. The second-order valence-corrected chi connectivity index (χ2v) is 5.24. The lowest BCUT2D eigenvalue weighted by Crippen LogP contribution is -2.23. The van der Waals surface area contributed by atoms with Gasteiger partial charge in [0.25, 0.3) is 5.91 Å². The Labute approximate surface area is 132 Å². The van der Waals surface area contributed by atoms with Gasteiger partial charge in [-0.25, -0.2) is 4.39 Å². The van der Waals surface area contributed by atoms with E-state index in [0.29, 0.717) is 5.69 Å². The van der Waals surface area contributed by atoms with Crippen LogP contribution in [0.5, 0.6) is 0 Å². The first-order chi connectivity index (χ1) is 10.5. The van der Waals surface area contributed by atoms with E-state index in [1.165, 1.54) is 19.1 Å². The number of amides is 2. The summed E-state index contributed by atoms with van der Waals surface area (Å²) in [4.78, 5) is 23.9. The Morgan fingerprint density at radius 3 is 2.36 bits per heavy atom. The molecule has 2 rings (SSSR count). The summed E-state index contributed by atoms with van der Waals surface area (Å²) in [6, 6.07) is 12.6. The number of carbonyl (C=O) groups excluding carboxylic acids is 2. The molecule has 1 unspecified atom stereocenters. The average Bonchev–Trinajstić information content (AvgIpc) is 2.48. The molecule has 2 aromatic carbocycles. The molecule has 0 radical (unpaired) electrons. The van der Waals surface area contributed by atoms with Crippen LogP contribution in [-0.2, 0) is 4.79 Å². The number of hydrogen-bond donors (Lipinski definition) is 2. The average molecular weight is 321 g/mol. The third kappa shape index (κ3) is 3.83. The molecule has 2 N–H and O–H groups in total. The van der Waals surface area contributed by atoms with E-state index in [0.717, 1.165) is 6.07 Å². The molecule has 22 heavy (non-hydrogen) atoms. The molecule has 0 aliphatic carbocycles. The van der Waals surface area contributed by atoms with Gasteiger partial charge < -0.3 is 10.6 Å². The van der Waals surface area contributed by atoms with Gasteiger partial charge >= 0.3 is 0 Å². The molecular formula is C16H14ClFN2O2. The minimum Gasteiger partial charge on any atom is -0.324 e. The summed E-state index contributed by atoms with van der Waals surface area (Å²) in [6.07, 6.45) is 0. The van der Waals surface area contributed by atoms with E-state index in [-0.39, 0.29) is 11.3 Å². The fraction of sp³-hybridized carbons (Fsp3) is 0.125. The van der Waals surface area contributed by atoms with Crippen molar-refractivity contribution in [2.24, 2.45) is 0 Å². The highest BCUT2D eigenvalue weighted by atomic mass is 35.5. The van der Waals surface area contributed by atoms with E-state index >= 15 is 0 Å². The molecule has 114 valence electrons. The predicted octanol–water partition coefficient (Wildman–Crippen LogP) is 3.64. The summed E-state index contributed by atoms with van der Waals surface area (Å²) < 4.78 is 14.0. The van der Waals surface area contributed by atoms with Crippen molar-refractivity contribution in [1.82, 2.24) is 0 Å². The van der Waals surface area contributed by atoms with Crippen molar-refractivity contribution in [3.05, 3.63) is 59.9 Å². The molecular weight excluding hydrogens is 307 g/mol. The van der Waals surface area contributed by atoms with Gasteiger partial charge in [-0.15, -0.1) is 11.6 Å². The van der Waals surface area contributed by atoms with Crippen LogP contribution in [0.25, 0.3) is 0 Å². The molecule has 4 nitrogen and oxygen atoms in total. The van der Waals surface area contributed by atoms with E-state index in [4.69, 9.17) is 11.6 Å². The van der Waals surface area contributed by atoms with Crippen LogP contribution < -0.4 is 10.6 Å². The lowest BCUT2D eigenvalue weighted by Gasteiger charge is -2.13. The zero-order valence-corrected chi connectivity index (χ0v) is 12.5. The number of para-hydroxylation sites is 1. The van der Waals surface area contributed by atoms with Gasteiger partial charge in [0, 0.05) is 5.69 Å². The van der Waals surface area contributed by atoms with Crippen molar-refractivity contribution in [3.8, 4) is 0 Å². The predicted molar refractivity (Wildman–Crippen MR) is 84.7 cm³/mol. The van der Waals surface area contributed by atoms with Crippen molar-refractivity contribution < 1.29 is 14.0 Å². The van der Waals surface area contributed by atoms with Crippen LogP contribution in [0.4, 0.5) is 15.8 Å². The summed E-state index contributed by atoms with van der Waals surface area (Å²) >= 11 is 5.67. The van der Waals surface area contributed by atoms with Gasteiger partial charge in [-0.05, 0) is 31.2 Å². The molecule has 0 bridgehead atoms. The number of nitrogens with one attached hydrogen (secondary N) is 2. The third-order valence-corrected chi connectivity index (χ3v) is 3.09. The first-order valence-corrected chi connectivity index (χ1v) is 7.02. The molecule has 0 aliphatic heterocycles. The zero-order valence-electron chi connectivity index (χ0n) is 11.8. The van der Waals surface area contributed by atoms with E-state index in [1.807, 2.05) is 0 Å². The quantitative estimate of drug-likeness (QED) is 0.845. The highest BCUT2D eigenvalue weighted by Gasteiger charge is 2.19. The molecule has 1 atom stereocenters. The highest BCUT2D eigenvalue weighted by molar-refractivity contribution is 6.32. The Bertz CT molecular complexity index is 690. The van der Waals surface area contributed by atoms with Crippen molar-refractivity contribution in [1.29, 1.82) is 0 Å². The Morgan fingerprint density at radius 1 is 1.05 bits per heavy atom. The molecule has 0 aliphatic rings. The van der Waals surface area contributed by atoms with Crippen LogP contribution in [0.3, 0.4) is 0 Å². The molecule has 0 aromatic heterocycles. The lowest BCUT2D eigenvalue weighted by molar-refractivity contribution is -0.115. The summed E-state index contributed by atoms with van der Waals surface area (Å²) in [7, 11) is 0. The second kappa shape index (κ2) is 7.04. The standard InChI is InChI=1S/C16H14ClFN2O2/c1-10(17)15(21)20-13-9-5-8-12(18)14(13)16(22)19-11-6-3-2-4-7-11/h2-10H,1H3,(H,19,22)(H,20,21). The zero-order chi connectivity index (χ0) is 16.1. The molecule has 0 saturated heterocycles. The smallest absolute Gasteiger partial charge is 0.260 e. The van der Waals surface area contributed by atoms with Gasteiger partial charge in [0.15, 0.2) is 0 Å². The maximum absolute atomic E-state index is 14.0. The Morgan fingerprint density at radius 2 is 1.73 bits per heavy atom. The van der Waals surface area contributed by atoms with Crippen molar-refractivity contribution >= 4 is 34.8 Å². The minimum absolute atomic E-state index is 0.0749. The van der Waals surface area contributed by atoms with Gasteiger partial charge in [-0.1, -0.05) is 24.3 Å². The van der Waals surface area contributed by atoms with Crippen LogP contribution in [0.2, 0.25) is 0 Å². The SMILES string of the molecule is CC(Cl)C(=O)Nc1cccc(F)c1C(=O)Nc1ccccc1. The largest absolute Gasteiger partial charge is 0.324 e. The molecule has 0 spiro atoms. The van der Waals surface area contributed by atoms with E-state index in [2.05, 4.69) is 10.6 Å². The number of benzene rings is 2. The highest BCUT2D eigenvalue weighted by Crippen LogP contribution is 2.21. The molecule has 0 heterocycles. The number of carbonyl (C=O) groups is 2. The number of rotatable bonds is 4. The molecule has 6 heteroatoms. The summed E-state index contributed by atoms with van der Waals surface area (Å²) in [5, 5.41) is 4.23. The van der Waals surface area contributed by atoms with Gasteiger partial charge in [-0.3, -0.25) is 9.59 Å². The number of halogens is 2. The van der Waals surface area contributed by atoms with Gasteiger partial charge in [0.2, 0.25) is 5.91 Å². The fourth-order valence-electron chi connectivity index (χ4n) is 1.81. The monoisotopic (exact) mass is 320 g/mol. The maximum Gasteiger partial charge on any atom is 0.260 e. The Hall–Kier alpha value is -2.40. The van der Waals surface area contributed by atoms with Gasteiger partial charge in [-0.2, -0.15) is 0 Å². The maximum atomic E-state index is 14.0. The van der Waals surface area contributed by atoms with Gasteiger partial charge in [0.1, 0.15) is 11.2 Å². The van der Waals surface area contributed by atoms with Crippen LogP contribution in [0, 0.1) is 5.82 Å². The molecule has 0 fully saturated rings. The van der Waals surface area contributed by atoms with Crippen molar-refractivity contribution in [2.45, 2.75) is 12.3 Å². The number of anilines is 2. The number of alkyl halides is 1. The summed E-state index contributed by atoms with van der Waals surface area (Å²) in [6.45, 7) is 1.49. The first-order valence-electron chi connectivity index (χ1n) is 6.59. The molecule has 2 amide bonds. The van der Waals surface area contributed by atoms with Crippen LogP contribution >= 0.6 is 11.6 Å². The lowest BCUT2D eigenvalue weighted by atomic mass is 10.1. The summed E-state index contributed by atoms with van der Waals surface area (Å²) in [5.74, 6) is -1.89. The van der Waals surface area contributed by atoms with E-state index < -0.39 is 23.0 Å². The third-order valence-electron chi connectivity index (χ3n) is 2.89. The van der Waals surface area contributed by atoms with Crippen LogP contribution in [0.15, 0.2) is 48.5 Å². The number of hydrogen-bond acceptors (Lipinski definition) is 2. The fourth-order valence-corrected chi connectivity index (χ4v) is 1.86. The second-order valence-electron chi connectivity index (χ2n) is 4.59. The Balaban J connectivity index is 2.29. The Kier molecular flexibility index (Phi) is 5.12. The van der Waals surface area contributed by atoms with Crippen LogP contribution in [-0.4, -0.2) is 17.2 Å². The van der Waals surface area contributed by atoms with E-state index in [1.54, 1.807) is 30.3 Å². The normalized spacial score (nSPS) is 11.6. The first kappa shape index (κ1) is 16.0. The van der Waals surface area contributed by atoms with E-state index in [9.17, 15) is 14.0 Å². The summed E-state index contributed by atoms with van der Waals surface area (Å²) in [5.41, 5.74) is 0.363. The van der Waals surface area contributed by atoms with Gasteiger partial charge in [0.05, 0.1) is 11.3 Å². The van der Waals surface area contributed by atoms with Crippen LogP contribution in [0.1, 0.15) is 17.3 Å². The minimum atomic E-state index is -0.798. The molecule has 0 saturated carbocycles. The van der Waals surface area contributed by atoms with Crippen molar-refractivity contribution in [3.63, 3.8) is 0 Å². The topological polar surface area (TPSA) is 58.2 Å². The van der Waals surface area contributed by atoms with Crippen molar-refractivity contribution in [2.75, 3.05) is 10.6 Å².